The van der Waals surface area contributed by atoms with Crippen molar-refractivity contribution in [2.24, 2.45) is 0 Å². The summed E-state index contributed by atoms with van der Waals surface area (Å²) in [7, 11) is -4.14. The maximum Gasteiger partial charge on any atom is 0.270 e. The first-order valence-electron chi connectivity index (χ1n) is 8.62. The Labute approximate surface area is 177 Å². The first kappa shape index (κ1) is 21.3. The number of carbonyl (C=O) groups is 1. The number of carbonyl (C=O) groups excluding carboxylic acids is 1. The van der Waals surface area contributed by atoms with E-state index in [0.29, 0.717) is 5.69 Å². The van der Waals surface area contributed by atoms with Crippen molar-refractivity contribution < 1.29 is 18.1 Å². The number of hydrogen-bond acceptors (Lipinski definition) is 6. The van der Waals surface area contributed by atoms with E-state index in [4.69, 9.17) is 0 Å². The molecule has 10 heteroatoms. The second-order valence-electron chi connectivity index (χ2n) is 6.09. The largest absolute Gasteiger partial charge is 0.322 e. The molecule has 0 saturated carbocycles. The van der Waals surface area contributed by atoms with Crippen LogP contribution in [0.1, 0.15) is 10.4 Å². The van der Waals surface area contributed by atoms with Crippen LogP contribution >= 0.6 is 11.8 Å². The molecule has 0 unspecified atom stereocenters. The lowest BCUT2D eigenvalue weighted by atomic mass is 10.1. The Morgan fingerprint density at radius 2 is 1.70 bits per heavy atom. The van der Waals surface area contributed by atoms with Gasteiger partial charge in [0.05, 0.1) is 21.1 Å². The van der Waals surface area contributed by atoms with Crippen LogP contribution in [-0.2, 0) is 10.0 Å². The van der Waals surface area contributed by atoms with Gasteiger partial charge in [0.15, 0.2) is 0 Å². The van der Waals surface area contributed by atoms with Crippen molar-refractivity contribution in [3.8, 4) is 0 Å². The van der Waals surface area contributed by atoms with Crippen LogP contribution in [0.15, 0.2) is 82.6 Å². The zero-order chi connectivity index (χ0) is 21.7. The van der Waals surface area contributed by atoms with Gasteiger partial charge in [0.1, 0.15) is 0 Å². The molecule has 0 radical (unpaired) electrons. The normalized spacial score (nSPS) is 11.0. The number of thioether (sulfide) groups is 1. The van der Waals surface area contributed by atoms with Crippen molar-refractivity contribution in [2.75, 3.05) is 16.3 Å². The van der Waals surface area contributed by atoms with Crippen molar-refractivity contribution in [3.05, 3.63) is 88.5 Å². The van der Waals surface area contributed by atoms with E-state index in [-0.39, 0.29) is 21.8 Å². The summed E-state index contributed by atoms with van der Waals surface area (Å²) in [6.45, 7) is 0. The molecule has 0 heterocycles. The summed E-state index contributed by atoms with van der Waals surface area (Å²) in [6, 6.07) is 18.0. The van der Waals surface area contributed by atoms with Gasteiger partial charge in [-0.15, -0.1) is 11.8 Å². The minimum atomic E-state index is -4.14. The van der Waals surface area contributed by atoms with Crippen molar-refractivity contribution >= 4 is 44.8 Å². The zero-order valence-corrected chi connectivity index (χ0v) is 17.4. The van der Waals surface area contributed by atoms with E-state index in [1.54, 1.807) is 36.0 Å². The molecule has 154 valence electrons. The van der Waals surface area contributed by atoms with Gasteiger partial charge in [0.2, 0.25) is 0 Å². The molecule has 0 saturated heterocycles. The minimum absolute atomic E-state index is 0.0576. The van der Waals surface area contributed by atoms with Gasteiger partial charge < -0.3 is 5.32 Å². The Morgan fingerprint density at radius 1 is 1.00 bits per heavy atom. The molecule has 30 heavy (non-hydrogen) atoms. The van der Waals surface area contributed by atoms with Crippen LogP contribution in [0.25, 0.3) is 0 Å². The predicted molar refractivity (Wildman–Crippen MR) is 117 cm³/mol. The number of anilines is 2. The Balaban J connectivity index is 1.86. The number of para-hydroxylation sites is 1. The standard InChI is InChI=1S/C20H17N3O5S2/c1-29-16-11-9-14(10-12-16)21-20(24)18-7-2-3-8-19(18)22-30(27,28)17-6-4-5-15(13-17)23(25)26/h2-13,22H,1H3,(H,21,24). The summed E-state index contributed by atoms with van der Waals surface area (Å²) in [6.07, 6.45) is 1.94. The second kappa shape index (κ2) is 8.97. The molecule has 3 aromatic rings. The van der Waals surface area contributed by atoms with Crippen LogP contribution in [0.3, 0.4) is 0 Å². The van der Waals surface area contributed by atoms with Crippen molar-refractivity contribution in [3.63, 3.8) is 0 Å². The third kappa shape index (κ3) is 4.97. The number of amides is 1. The molecule has 0 aliphatic heterocycles. The van der Waals surface area contributed by atoms with Crippen LogP contribution in [0.2, 0.25) is 0 Å². The van der Waals surface area contributed by atoms with Crippen molar-refractivity contribution in [1.82, 2.24) is 0 Å². The molecule has 3 rings (SSSR count). The first-order chi connectivity index (χ1) is 14.3. The quantitative estimate of drug-likeness (QED) is 0.318. The Kier molecular flexibility index (Phi) is 6.38. The topological polar surface area (TPSA) is 118 Å². The van der Waals surface area contributed by atoms with Crippen LogP contribution in [0.5, 0.6) is 0 Å². The fourth-order valence-corrected chi connectivity index (χ4v) is 4.14. The average molecular weight is 444 g/mol. The van der Waals surface area contributed by atoms with E-state index in [1.807, 2.05) is 18.4 Å². The van der Waals surface area contributed by atoms with Gasteiger partial charge in [-0.3, -0.25) is 19.6 Å². The van der Waals surface area contributed by atoms with E-state index >= 15 is 0 Å². The van der Waals surface area contributed by atoms with Crippen LogP contribution in [-0.4, -0.2) is 25.5 Å². The molecule has 0 atom stereocenters. The number of hydrogen-bond donors (Lipinski definition) is 2. The van der Waals surface area contributed by atoms with Gasteiger partial charge in [-0.05, 0) is 48.7 Å². The molecule has 0 aromatic heterocycles. The SMILES string of the molecule is CSc1ccc(NC(=O)c2ccccc2NS(=O)(=O)c2cccc([N+](=O)[O-])c2)cc1. The number of nitrogens with zero attached hydrogens (tertiary/aromatic N) is 1. The van der Waals surface area contributed by atoms with Crippen LogP contribution in [0, 0.1) is 10.1 Å². The molecule has 0 bridgehead atoms. The highest BCUT2D eigenvalue weighted by molar-refractivity contribution is 7.98. The second-order valence-corrected chi connectivity index (χ2v) is 8.65. The van der Waals surface area contributed by atoms with Gasteiger partial charge in [-0.2, -0.15) is 0 Å². The zero-order valence-electron chi connectivity index (χ0n) is 15.7. The first-order valence-corrected chi connectivity index (χ1v) is 11.3. The lowest BCUT2D eigenvalue weighted by Crippen LogP contribution is -2.18. The number of nitro benzene ring substituents is 1. The van der Waals surface area contributed by atoms with E-state index in [9.17, 15) is 23.3 Å². The number of nitro groups is 1. The van der Waals surface area contributed by atoms with Crippen LogP contribution in [0.4, 0.5) is 17.1 Å². The molecular formula is C20H17N3O5S2. The Bertz CT molecular complexity index is 1200. The average Bonchev–Trinajstić information content (AvgIpc) is 2.74. The lowest BCUT2D eigenvalue weighted by Gasteiger charge is -2.13. The molecule has 1 amide bonds. The highest BCUT2D eigenvalue weighted by atomic mass is 32.2. The van der Waals surface area contributed by atoms with Gasteiger partial charge in [0.25, 0.3) is 21.6 Å². The molecular weight excluding hydrogens is 426 g/mol. The third-order valence-electron chi connectivity index (χ3n) is 4.10. The van der Waals surface area contributed by atoms with E-state index in [1.165, 1.54) is 30.3 Å². The van der Waals surface area contributed by atoms with Gasteiger partial charge >= 0.3 is 0 Å². The van der Waals surface area contributed by atoms with Gasteiger partial charge in [-0.25, -0.2) is 8.42 Å². The number of benzene rings is 3. The Hall–Kier alpha value is -3.37. The van der Waals surface area contributed by atoms with Crippen LogP contribution < -0.4 is 10.0 Å². The highest BCUT2D eigenvalue weighted by Crippen LogP contribution is 2.24. The fraction of sp³-hybridized carbons (Fsp3) is 0.0500. The smallest absolute Gasteiger partial charge is 0.270 e. The molecule has 0 fully saturated rings. The summed E-state index contributed by atoms with van der Waals surface area (Å²) in [4.78, 5) is 23.7. The Morgan fingerprint density at radius 3 is 2.37 bits per heavy atom. The number of sulfonamides is 1. The summed E-state index contributed by atoms with van der Waals surface area (Å²) < 4.78 is 27.8. The molecule has 2 N–H and O–H groups in total. The predicted octanol–water partition coefficient (Wildman–Crippen LogP) is 4.37. The summed E-state index contributed by atoms with van der Waals surface area (Å²) in [5, 5.41) is 13.7. The lowest BCUT2D eigenvalue weighted by molar-refractivity contribution is -0.385. The van der Waals surface area contributed by atoms with Gasteiger partial charge in [-0.1, -0.05) is 18.2 Å². The number of non-ortho nitro benzene ring substituents is 1. The summed E-state index contributed by atoms with van der Waals surface area (Å²) >= 11 is 1.57. The summed E-state index contributed by atoms with van der Waals surface area (Å²) in [5.41, 5.74) is 0.384. The molecule has 0 spiro atoms. The number of nitrogens with one attached hydrogen (secondary N) is 2. The van der Waals surface area contributed by atoms with E-state index in [0.717, 1.165) is 11.0 Å². The minimum Gasteiger partial charge on any atom is -0.322 e. The molecule has 0 aliphatic carbocycles. The van der Waals surface area contributed by atoms with Gasteiger partial charge in [0, 0.05) is 22.7 Å². The molecule has 8 nitrogen and oxygen atoms in total. The molecule has 0 aliphatic rings. The van der Waals surface area contributed by atoms with E-state index in [2.05, 4.69) is 10.0 Å². The number of rotatable bonds is 7. The highest BCUT2D eigenvalue weighted by Gasteiger charge is 2.21. The van der Waals surface area contributed by atoms with Crippen molar-refractivity contribution in [1.29, 1.82) is 0 Å². The molecule has 3 aromatic carbocycles. The fourth-order valence-electron chi connectivity index (χ4n) is 2.61. The summed E-state index contributed by atoms with van der Waals surface area (Å²) in [5.74, 6) is -0.496. The van der Waals surface area contributed by atoms with E-state index < -0.39 is 20.9 Å². The third-order valence-corrected chi connectivity index (χ3v) is 6.21. The maximum atomic E-state index is 12.7. The monoisotopic (exact) mass is 443 g/mol. The maximum absolute atomic E-state index is 12.7. The van der Waals surface area contributed by atoms with Crippen molar-refractivity contribution in [2.45, 2.75) is 9.79 Å².